The number of rotatable bonds is 7. The predicted octanol–water partition coefficient (Wildman–Crippen LogP) is 4.65. The molecule has 20 heavy (non-hydrogen) atoms. The Labute approximate surface area is 124 Å². The summed E-state index contributed by atoms with van der Waals surface area (Å²) in [6.45, 7) is 8.24. The van der Waals surface area contributed by atoms with Gasteiger partial charge < -0.3 is 9.73 Å². The van der Waals surface area contributed by atoms with Crippen LogP contribution in [0.25, 0.3) is 0 Å². The molecule has 2 rings (SSSR count). The minimum absolute atomic E-state index is 0.658. The third-order valence-electron chi connectivity index (χ3n) is 4.72. The van der Waals surface area contributed by atoms with Crippen LogP contribution < -0.4 is 5.32 Å². The molecule has 1 saturated carbocycles. The van der Waals surface area contributed by atoms with Gasteiger partial charge in [0.15, 0.2) is 0 Å². The van der Waals surface area contributed by atoms with Crippen LogP contribution >= 0.6 is 0 Å². The smallest absolute Gasteiger partial charge is 0.103 e. The maximum Gasteiger partial charge on any atom is 0.103 e. The van der Waals surface area contributed by atoms with Crippen LogP contribution in [-0.2, 0) is 6.42 Å². The molecule has 0 radical (unpaired) electrons. The summed E-state index contributed by atoms with van der Waals surface area (Å²) in [7, 11) is 0. The quantitative estimate of drug-likeness (QED) is 0.784. The lowest BCUT2D eigenvalue weighted by atomic mass is 9.73. The summed E-state index contributed by atoms with van der Waals surface area (Å²) < 4.78 is 5.49. The monoisotopic (exact) mass is 277 g/mol. The van der Waals surface area contributed by atoms with Crippen LogP contribution in [-0.4, -0.2) is 12.6 Å². The molecular formula is C18H31NO. The maximum absolute atomic E-state index is 5.49. The molecule has 0 spiro atoms. The van der Waals surface area contributed by atoms with Gasteiger partial charge in [-0.3, -0.25) is 0 Å². The first-order valence-corrected chi connectivity index (χ1v) is 8.44. The van der Waals surface area contributed by atoms with E-state index in [-0.39, 0.29) is 0 Å². The van der Waals surface area contributed by atoms with E-state index in [1.54, 1.807) is 6.26 Å². The minimum atomic E-state index is 0.658. The lowest BCUT2D eigenvalue weighted by Gasteiger charge is -2.37. The molecule has 0 amide bonds. The second-order valence-corrected chi connectivity index (χ2v) is 6.86. The Morgan fingerprint density at radius 3 is 2.60 bits per heavy atom. The fourth-order valence-electron chi connectivity index (χ4n) is 3.92. The molecule has 0 bridgehead atoms. The van der Waals surface area contributed by atoms with Crippen LogP contribution in [0.15, 0.2) is 22.8 Å². The molecule has 3 unspecified atom stereocenters. The fraction of sp³-hybridized carbons (Fsp3) is 0.778. The van der Waals surface area contributed by atoms with Crippen molar-refractivity contribution in [3.05, 3.63) is 24.2 Å². The Morgan fingerprint density at radius 1 is 1.25 bits per heavy atom. The molecule has 2 nitrogen and oxygen atoms in total. The third kappa shape index (κ3) is 4.66. The molecule has 1 aromatic rings. The largest absolute Gasteiger partial charge is 0.469 e. The Kier molecular flexibility index (Phi) is 6.15. The SMILES string of the molecule is CCCNC(CCc1ccco1)C1CC(C)CC(C)C1. The van der Waals surface area contributed by atoms with Gasteiger partial charge in [0.1, 0.15) is 5.76 Å². The van der Waals surface area contributed by atoms with Gasteiger partial charge in [-0.2, -0.15) is 0 Å². The molecule has 1 aromatic heterocycles. The highest BCUT2D eigenvalue weighted by Crippen LogP contribution is 2.35. The summed E-state index contributed by atoms with van der Waals surface area (Å²) in [5.74, 6) is 3.75. The normalized spacial score (nSPS) is 28.4. The fourth-order valence-corrected chi connectivity index (χ4v) is 3.92. The third-order valence-corrected chi connectivity index (χ3v) is 4.72. The average Bonchev–Trinajstić information content (AvgIpc) is 2.91. The molecule has 0 aromatic carbocycles. The van der Waals surface area contributed by atoms with Crippen LogP contribution in [0, 0.1) is 17.8 Å². The molecule has 3 atom stereocenters. The van der Waals surface area contributed by atoms with Gasteiger partial charge in [0.2, 0.25) is 0 Å². The summed E-state index contributed by atoms with van der Waals surface area (Å²) in [5.41, 5.74) is 0. The molecular weight excluding hydrogens is 246 g/mol. The van der Waals surface area contributed by atoms with Gasteiger partial charge in [0, 0.05) is 12.5 Å². The highest BCUT2D eigenvalue weighted by molar-refractivity contribution is 4.99. The minimum Gasteiger partial charge on any atom is -0.469 e. The molecule has 1 aliphatic rings. The standard InChI is InChI=1S/C18H31NO/c1-4-9-19-18(8-7-17-6-5-10-20-17)16-12-14(2)11-15(3)13-16/h5-6,10,14-16,18-19H,4,7-9,11-13H2,1-3H3. The van der Waals surface area contributed by atoms with Crippen LogP contribution in [0.3, 0.4) is 0 Å². The first-order valence-electron chi connectivity index (χ1n) is 8.44. The summed E-state index contributed by atoms with van der Waals surface area (Å²) in [4.78, 5) is 0. The Bertz CT molecular complexity index is 350. The van der Waals surface area contributed by atoms with Crippen LogP contribution in [0.5, 0.6) is 0 Å². The van der Waals surface area contributed by atoms with Crippen molar-refractivity contribution in [2.75, 3.05) is 6.54 Å². The lowest BCUT2D eigenvalue weighted by Crippen LogP contribution is -2.40. The number of hydrogen-bond donors (Lipinski definition) is 1. The first kappa shape index (κ1) is 15.6. The molecule has 0 aliphatic heterocycles. The van der Waals surface area contributed by atoms with Crippen LogP contribution in [0.4, 0.5) is 0 Å². The van der Waals surface area contributed by atoms with Crippen molar-refractivity contribution in [2.45, 2.75) is 65.3 Å². The summed E-state index contributed by atoms with van der Waals surface area (Å²) in [5, 5.41) is 3.80. The number of furan rings is 1. The average molecular weight is 277 g/mol. The van der Waals surface area contributed by atoms with Gasteiger partial charge in [0.05, 0.1) is 6.26 Å². The van der Waals surface area contributed by atoms with Gasteiger partial charge >= 0.3 is 0 Å². The molecule has 1 N–H and O–H groups in total. The molecule has 1 heterocycles. The van der Waals surface area contributed by atoms with Crippen molar-refractivity contribution >= 4 is 0 Å². The van der Waals surface area contributed by atoms with Crippen LogP contribution in [0.1, 0.15) is 58.6 Å². The zero-order valence-corrected chi connectivity index (χ0v) is 13.4. The Hall–Kier alpha value is -0.760. The van der Waals surface area contributed by atoms with E-state index in [2.05, 4.69) is 32.2 Å². The van der Waals surface area contributed by atoms with E-state index in [0.717, 1.165) is 36.5 Å². The van der Waals surface area contributed by atoms with Crippen LogP contribution in [0.2, 0.25) is 0 Å². The van der Waals surface area contributed by atoms with E-state index < -0.39 is 0 Å². The number of nitrogens with one attached hydrogen (secondary N) is 1. The molecule has 1 fully saturated rings. The van der Waals surface area contributed by atoms with Gasteiger partial charge in [-0.15, -0.1) is 0 Å². The van der Waals surface area contributed by atoms with Crippen molar-refractivity contribution in [3.63, 3.8) is 0 Å². The van der Waals surface area contributed by atoms with Crippen molar-refractivity contribution in [3.8, 4) is 0 Å². The Balaban J connectivity index is 1.91. The van der Waals surface area contributed by atoms with Gasteiger partial charge in [0.25, 0.3) is 0 Å². The van der Waals surface area contributed by atoms with E-state index in [1.807, 2.05) is 6.07 Å². The zero-order chi connectivity index (χ0) is 14.4. The van der Waals surface area contributed by atoms with Gasteiger partial charge in [-0.05, 0) is 68.5 Å². The predicted molar refractivity (Wildman–Crippen MR) is 84.8 cm³/mol. The van der Waals surface area contributed by atoms with E-state index >= 15 is 0 Å². The highest BCUT2D eigenvalue weighted by atomic mass is 16.3. The van der Waals surface area contributed by atoms with Crippen molar-refractivity contribution in [1.82, 2.24) is 5.32 Å². The maximum atomic E-state index is 5.49. The van der Waals surface area contributed by atoms with Crippen molar-refractivity contribution in [1.29, 1.82) is 0 Å². The molecule has 114 valence electrons. The Morgan fingerprint density at radius 2 is 2.00 bits per heavy atom. The summed E-state index contributed by atoms with van der Waals surface area (Å²) >= 11 is 0. The first-order chi connectivity index (χ1) is 9.69. The van der Waals surface area contributed by atoms with E-state index in [4.69, 9.17) is 4.42 Å². The number of aryl methyl sites for hydroxylation is 1. The van der Waals surface area contributed by atoms with E-state index in [0.29, 0.717) is 6.04 Å². The lowest BCUT2D eigenvalue weighted by molar-refractivity contribution is 0.170. The number of hydrogen-bond acceptors (Lipinski definition) is 2. The molecule has 0 saturated heterocycles. The van der Waals surface area contributed by atoms with E-state index in [9.17, 15) is 0 Å². The zero-order valence-electron chi connectivity index (χ0n) is 13.4. The summed E-state index contributed by atoms with van der Waals surface area (Å²) in [6.07, 6.45) is 9.47. The second-order valence-electron chi connectivity index (χ2n) is 6.86. The van der Waals surface area contributed by atoms with E-state index in [1.165, 1.54) is 32.1 Å². The van der Waals surface area contributed by atoms with Gasteiger partial charge in [-0.25, -0.2) is 0 Å². The topological polar surface area (TPSA) is 25.2 Å². The molecule has 1 aliphatic carbocycles. The van der Waals surface area contributed by atoms with Crippen molar-refractivity contribution in [2.24, 2.45) is 17.8 Å². The van der Waals surface area contributed by atoms with Crippen molar-refractivity contribution < 1.29 is 4.42 Å². The van der Waals surface area contributed by atoms with Gasteiger partial charge in [-0.1, -0.05) is 20.8 Å². The summed E-state index contributed by atoms with van der Waals surface area (Å²) in [6, 6.07) is 4.75. The molecule has 2 heteroatoms. The second kappa shape index (κ2) is 7.87. The highest BCUT2D eigenvalue weighted by Gasteiger charge is 2.29.